The van der Waals surface area contributed by atoms with Crippen molar-refractivity contribution in [3.63, 3.8) is 0 Å². The molecule has 8 heteroatoms. The summed E-state index contributed by atoms with van der Waals surface area (Å²) in [5.41, 5.74) is 1.34. The average Bonchev–Trinajstić information content (AvgIpc) is 2.94. The van der Waals surface area contributed by atoms with Crippen molar-refractivity contribution >= 4 is 20.9 Å². The summed E-state index contributed by atoms with van der Waals surface area (Å²) in [6.45, 7) is 4.67. The molecule has 0 saturated heterocycles. The normalized spacial score (nSPS) is 15.2. The Bertz CT molecular complexity index is 1090. The number of hydrogen-bond donors (Lipinski definition) is 1. The number of benzene rings is 1. The minimum absolute atomic E-state index is 0.0239. The predicted molar refractivity (Wildman–Crippen MR) is 101 cm³/mol. The van der Waals surface area contributed by atoms with Crippen molar-refractivity contribution in [1.82, 2.24) is 13.9 Å². The van der Waals surface area contributed by atoms with E-state index in [-0.39, 0.29) is 30.0 Å². The van der Waals surface area contributed by atoms with Crippen LogP contribution in [0.15, 0.2) is 47.5 Å². The summed E-state index contributed by atoms with van der Waals surface area (Å²) in [6.07, 6.45) is 1.67. The number of hydrogen-bond acceptors (Lipinski definition) is 5. The molecule has 1 aliphatic heterocycles. The largest absolute Gasteiger partial charge is 0.494 e. The molecule has 142 valence electrons. The summed E-state index contributed by atoms with van der Waals surface area (Å²) >= 11 is 0. The molecule has 1 N–H and O–H groups in total. The molecule has 4 rings (SSSR count). The molecule has 0 spiro atoms. The van der Waals surface area contributed by atoms with Gasteiger partial charge in [0.05, 0.1) is 34.1 Å². The lowest BCUT2D eigenvalue weighted by Gasteiger charge is -2.28. The fourth-order valence-corrected chi connectivity index (χ4v) is 4.78. The van der Waals surface area contributed by atoms with Crippen molar-refractivity contribution < 1.29 is 18.3 Å². The summed E-state index contributed by atoms with van der Waals surface area (Å²) in [7, 11) is -3.65. The number of nitrogens with zero attached hydrogens (tertiary/aromatic N) is 3. The molecule has 0 bridgehead atoms. The van der Waals surface area contributed by atoms with Crippen LogP contribution in [-0.2, 0) is 23.1 Å². The highest BCUT2D eigenvalue weighted by atomic mass is 32.2. The van der Waals surface area contributed by atoms with Gasteiger partial charge in [0.25, 0.3) is 0 Å². The summed E-state index contributed by atoms with van der Waals surface area (Å²) in [5.74, 6) is 0.775. The number of fused-ring (bicyclic) bond motifs is 3. The van der Waals surface area contributed by atoms with Gasteiger partial charge in [-0.2, -0.15) is 4.31 Å². The Morgan fingerprint density at radius 3 is 2.59 bits per heavy atom. The molecular weight excluding hydrogens is 366 g/mol. The number of ether oxygens (including phenoxy) is 1. The third-order valence-corrected chi connectivity index (χ3v) is 6.50. The lowest BCUT2D eigenvalue weighted by molar-refractivity contribution is 0.242. The second kappa shape index (κ2) is 6.54. The van der Waals surface area contributed by atoms with Crippen LogP contribution in [-0.4, -0.2) is 40.0 Å². The summed E-state index contributed by atoms with van der Waals surface area (Å²) in [4.78, 5) is 4.55. The van der Waals surface area contributed by atoms with E-state index in [0.29, 0.717) is 28.9 Å². The Morgan fingerprint density at radius 1 is 1.15 bits per heavy atom. The maximum atomic E-state index is 13.1. The molecule has 0 atom stereocenters. The maximum absolute atomic E-state index is 13.1. The number of sulfonamides is 1. The van der Waals surface area contributed by atoms with E-state index in [1.165, 1.54) is 4.31 Å². The molecular formula is C19H21N3O4S. The monoisotopic (exact) mass is 387 g/mol. The van der Waals surface area contributed by atoms with Gasteiger partial charge < -0.3 is 14.4 Å². The van der Waals surface area contributed by atoms with Crippen LogP contribution >= 0.6 is 0 Å². The van der Waals surface area contributed by atoms with Crippen molar-refractivity contribution in [1.29, 1.82) is 0 Å². The molecule has 0 radical (unpaired) electrons. The standard InChI is InChI=1S/C19H21N3O4S/c1-13(2)26-14-5-7-15(8-6-14)27(24,25)21-10-11-22-17(12-21)18-16(19(22)23)4-3-9-20-18/h3-9,13,23H,10-12H2,1-2H3. The van der Waals surface area contributed by atoms with Gasteiger partial charge in [-0.1, -0.05) is 0 Å². The number of aromatic nitrogens is 2. The van der Waals surface area contributed by atoms with Crippen molar-refractivity contribution in [2.75, 3.05) is 6.54 Å². The molecule has 0 saturated carbocycles. The molecule has 1 aromatic carbocycles. The van der Waals surface area contributed by atoms with Crippen LogP contribution < -0.4 is 4.74 Å². The highest BCUT2D eigenvalue weighted by Gasteiger charge is 2.31. The second-order valence-electron chi connectivity index (χ2n) is 6.80. The van der Waals surface area contributed by atoms with Crippen LogP contribution in [0.1, 0.15) is 19.5 Å². The highest BCUT2D eigenvalue weighted by molar-refractivity contribution is 7.89. The molecule has 0 aliphatic carbocycles. The van der Waals surface area contributed by atoms with E-state index in [2.05, 4.69) is 4.98 Å². The fourth-order valence-electron chi connectivity index (χ4n) is 3.39. The molecule has 1 aliphatic rings. The lowest BCUT2D eigenvalue weighted by Crippen LogP contribution is -2.38. The van der Waals surface area contributed by atoms with Gasteiger partial charge in [0.2, 0.25) is 15.9 Å². The molecule has 3 heterocycles. The van der Waals surface area contributed by atoms with Crippen molar-refractivity contribution in [2.24, 2.45) is 0 Å². The van der Waals surface area contributed by atoms with Crippen LogP contribution in [0.3, 0.4) is 0 Å². The van der Waals surface area contributed by atoms with Crippen LogP contribution in [0.2, 0.25) is 0 Å². The number of pyridine rings is 1. The van der Waals surface area contributed by atoms with Crippen LogP contribution in [0.5, 0.6) is 11.6 Å². The first-order valence-electron chi connectivity index (χ1n) is 8.80. The topological polar surface area (TPSA) is 84.7 Å². The number of rotatable bonds is 4. The summed E-state index contributed by atoms with van der Waals surface area (Å²) in [6, 6.07) is 10.0. The minimum atomic E-state index is -3.65. The zero-order valence-corrected chi connectivity index (χ0v) is 16.0. The second-order valence-corrected chi connectivity index (χ2v) is 8.74. The molecule has 27 heavy (non-hydrogen) atoms. The first-order valence-corrected chi connectivity index (χ1v) is 10.2. The Labute approximate surface area is 157 Å². The van der Waals surface area contributed by atoms with Crippen LogP contribution in [0.4, 0.5) is 0 Å². The highest BCUT2D eigenvalue weighted by Crippen LogP contribution is 2.34. The minimum Gasteiger partial charge on any atom is -0.494 e. The van der Waals surface area contributed by atoms with Gasteiger partial charge in [-0.25, -0.2) is 8.42 Å². The lowest BCUT2D eigenvalue weighted by atomic mass is 10.2. The third kappa shape index (κ3) is 3.04. The smallest absolute Gasteiger partial charge is 0.243 e. The van der Waals surface area contributed by atoms with Gasteiger partial charge in [0, 0.05) is 19.3 Å². The van der Waals surface area contributed by atoms with E-state index >= 15 is 0 Å². The zero-order chi connectivity index (χ0) is 19.2. The third-order valence-electron chi connectivity index (χ3n) is 4.64. The van der Waals surface area contributed by atoms with E-state index in [0.717, 1.165) is 0 Å². The van der Waals surface area contributed by atoms with Gasteiger partial charge in [-0.3, -0.25) is 4.98 Å². The Kier molecular flexibility index (Phi) is 4.32. The first kappa shape index (κ1) is 17.8. The van der Waals surface area contributed by atoms with Crippen LogP contribution in [0, 0.1) is 0 Å². The summed E-state index contributed by atoms with van der Waals surface area (Å²) in [5, 5.41) is 11.0. The maximum Gasteiger partial charge on any atom is 0.243 e. The predicted octanol–water partition coefficient (Wildman–Crippen LogP) is 2.73. The summed E-state index contributed by atoms with van der Waals surface area (Å²) < 4.78 is 34.9. The van der Waals surface area contributed by atoms with E-state index < -0.39 is 10.0 Å². The van der Waals surface area contributed by atoms with E-state index in [9.17, 15) is 13.5 Å². The van der Waals surface area contributed by atoms with E-state index in [1.807, 2.05) is 13.8 Å². The van der Waals surface area contributed by atoms with Crippen molar-refractivity contribution in [3.8, 4) is 11.6 Å². The number of aromatic hydroxyl groups is 1. The van der Waals surface area contributed by atoms with Gasteiger partial charge in [-0.15, -0.1) is 0 Å². The molecule has 0 amide bonds. The average molecular weight is 387 g/mol. The van der Waals surface area contributed by atoms with Gasteiger partial charge in [0.1, 0.15) is 5.75 Å². The quantitative estimate of drug-likeness (QED) is 0.744. The van der Waals surface area contributed by atoms with E-state index in [1.54, 1.807) is 47.2 Å². The Morgan fingerprint density at radius 2 is 1.89 bits per heavy atom. The van der Waals surface area contributed by atoms with Gasteiger partial charge >= 0.3 is 0 Å². The molecule has 3 aromatic rings. The van der Waals surface area contributed by atoms with Gasteiger partial charge in [-0.05, 0) is 50.2 Å². The van der Waals surface area contributed by atoms with Crippen molar-refractivity contribution in [3.05, 3.63) is 48.3 Å². The van der Waals surface area contributed by atoms with Crippen molar-refractivity contribution in [2.45, 2.75) is 37.9 Å². The molecule has 2 aromatic heterocycles. The SMILES string of the molecule is CC(C)Oc1ccc(S(=O)(=O)N2CCn3c(O)c4cccnc4c3C2)cc1. The Balaban J connectivity index is 1.66. The zero-order valence-electron chi connectivity index (χ0n) is 15.2. The molecule has 0 fully saturated rings. The molecule has 7 nitrogen and oxygen atoms in total. The molecule has 0 unspecified atom stereocenters. The van der Waals surface area contributed by atoms with Gasteiger partial charge in [0.15, 0.2) is 0 Å². The van der Waals surface area contributed by atoms with E-state index in [4.69, 9.17) is 4.74 Å². The Hall–Kier alpha value is -2.58. The van der Waals surface area contributed by atoms with Crippen LogP contribution in [0.25, 0.3) is 10.9 Å². The first-order chi connectivity index (χ1) is 12.9. The fraction of sp³-hybridized carbons (Fsp3) is 0.316.